The van der Waals surface area contributed by atoms with Gasteiger partial charge in [0.2, 0.25) is 0 Å². The Labute approximate surface area is 151 Å². The summed E-state index contributed by atoms with van der Waals surface area (Å²) in [5.74, 6) is -0.607. The molecule has 26 heavy (non-hydrogen) atoms. The molecule has 7 nitrogen and oxygen atoms in total. The number of carbonyl (C=O) groups excluding carboxylic acids is 1. The average Bonchev–Trinajstić information content (AvgIpc) is 3.20. The van der Waals surface area contributed by atoms with Gasteiger partial charge < -0.3 is 15.0 Å². The number of anilines is 2. The Hall–Kier alpha value is -3.09. The minimum absolute atomic E-state index is 0.145. The Morgan fingerprint density at radius 3 is 2.65 bits per heavy atom. The fourth-order valence-electron chi connectivity index (χ4n) is 3.20. The largest absolute Gasteiger partial charge is 0.465 e. The van der Waals surface area contributed by atoms with E-state index in [1.54, 1.807) is 6.07 Å². The number of benzene rings is 2. The molecule has 1 N–H and O–H groups in total. The molecule has 7 heteroatoms. The zero-order chi connectivity index (χ0) is 18.5. The molecular formula is C19H21N3O4. The molecule has 1 heterocycles. The Morgan fingerprint density at radius 2 is 1.96 bits per heavy atom. The van der Waals surface area contributed by atoms with Crippen LogP contribution in [0.1, 0.15) is 28.8 Å². The summed E-state index contributed by atoms with van der Waals surface area (Å²) in [7, 11) is 1.26. The van der Waals surface area contributed by atoms with Crippen molar-refractivity contribution < 1.29 is 14.5 Å². The van der Waals surface area contributed by atoms with Crippen LogP contribution in [-0.4, -0.2) is 31.1 Å². The lowest BCUT2D eigenvalue weighted by molar-refractivity contribution is -0.384. The van der Waals surface area contributed by atoms with Crippen molar-refractivity contribution in [3.8, 4) is 0 Å². The summed E-state index contributed by atoms with van der Waals surface area (Å²) in [6.07, 6.45) is 2.38. The van der Waals surface area contributed by atoms with Gasteiger partial charge in [-0.25, -0.2) is 4.79 Å². The van der Waals surface area contributed by atoms with Gasteiger partial charge in [0.05, 0.1) is 17.6 Å². The predicted octanol–water partition coefficient (Wildman–Crippen LogP) is 3.59. The third-order valence-electron chi connectivity index (χ3n) is 4.53. The number of ether oxygens (including phenoxy) is 1. The van der Waals surface area contributed by atoms with Gasteiger partial charge in [0.15, 0.2) is 0 Å². The highest BCUT2D eigenvalue weighted by molar-refractivity contribution is 5.96. The number of methoxy groups -OCH3 is 1. The minimum atomic E-state index is -0.607. The van der Waals surface area contributed by atoms with E-state index >= 15 is 0 Å². The van der Waals surface area contributed by atoms with Crippen molar-refractivity contribution in [3.63, 3.8) is 0 Å². The number of nitro benzene ring substituents is 1. The molecule has 1 fully saturated rings. The predicted molar refractivity (Wildman–Crippen MR) is 99.7 cm³/mol. The van der Waals surface area contributed by atoms with Crippen LogP contribution in [0.2, 0.25) is 0 Å². The van der Waals surface area contributed by atoms with Gasteiger partial charge in [-0.15, -0.1) is 0 Å². The van der Waals surface area contributed by atoms with Crippen molar-refractivity contribution in [2.75, 3.05) is 30.4 Å². The highest BCUT2D eigenvalue weighted by atomic mass is 16.6. The van der Waals surface area contributed by atoms with Crippen LogP contribution in [-0.2, 0) is 11.3 Å². The number of nitrogens with zero attached hydrogens (tertiary/aromatic N) is 2. The first-order valence-electron chi connectivity index (χ1n) is 8.53. The number of hydrogen-bond donors (Lipinski definition) is 1. The third-order valence-corrected chi connectivity index (χ3v) is 4.53. The zero-order valence-electron chi connectivity index (χ0n) is 14.6. The smallest absolute Gasteiger partial charge is 0.340 e. The molecule has 1 aliphatic rings. The van der Waals surface area contributed by atoms with Gasteiger partial charge in [-0.3, -0.25) is 10.1 Å². The molecule has 0 spiro atoms. The van der Waals surface area contributed by atoms with Gasteiger partial charge >= 0.3 is 5.97 Å². The molecule has 2 aromatic carbocycles. The van der Waals surface area contributed by atoms with Gasteiger partial charge in [-0.2, -0.15) is 0 Å². The van der Waals surface area contributed by atoms with E-state index < -0.39 is 10.9 Å². The van der Waals surface area contributed by atoms with Gasteiger partial charge in [-0.05, 0) is 30.5 Å². The van der Waals surface area contributed by atoms with E-state index in [0.717, 1.165) is 18.7 Å². The SMILES string of the molecule is COC(=O)c1cc([N+](=O)[O-])ccc1NCc1ccccc1N1CCCC1. The lowest BCUT2D eigenvalue weighted by Crippen LogP contribution is -2.20. The molecule has 0 aromatic heterocycles. The van der Waals surface area contributed by atoms with E-state index in [4.69, 9.17) is 4.74 Å². The number of hydrogen-bond acceptors (Lipinski definition) is 6. The summed E-state index contributed by atoms with van der Waals surface area (Å²) < 4.78 is 4.76. The van der Waals surface area contributed by atoms with Gasteiger partial charge in [0.1, 0.15) is 0 Å². The van der Waals surface area contributed by atoms with Crippen molar-refractivity contribution >= 4 is 23.0 Å². The highest BCUT2D eigenvalue weighted by Gasteiger charge is 2.19. The number of rotatable bonds is 6. The summed E-state index contributed by atoms with van der Waals surface area (Å²) >= 11 is 0. The van der Waals surface area contributed by atoms with Crippen LogP contribution in [0, 0.1) is 10.1 Å². The number of nitrogens with one attached hydrogen (secondary N) is 1. The first-order chi connectivity index (χ1) is 12.6. The van der Waals surface area contributed by atoms with Crippen LogP contribution in [0.4, 0.5) is 17.1 Å². The second-order valence-corrected chi connectivity index (χ2v) is 6.15. The molecule has 0 bridgehead atoms. The number of nitro groups is 1. The summed E-state index contributed by atoms with van der Waals surface area (Å²) in [5.41, 5.74) is 2.81. The quantitative estimate of drug-likeness (QED) is 0.484. The second-order valence-electron chi connectivity index (χ2n) is 6.15. The van der Waals surface area contributed by atoms with Crippen LogP contribution in [0.5, 0.6) is 0 Å². The fourth-order valence-corrected chi connectivity index (χ4v) is 3.20. The second kappa shape index (κ2) is 7.86. The third kappa shape index (κ3) is 3.77. The molecule has 0 radical (unpaired) electrons. The molecule has 3 rings (SSSR count). The summed E-state index contributed by atoms with van der Waals surface area (Å²) in [4.78, 5) is 24.8. The molecule has 0 saturated carbocycles. The normalized spacial score (nSPS) is 13.5. The summed E-state index contributed by atoms with van der Waals surface area (Å²) in [6.45, 7) is 2.60. The lowest BCUT2D eigenvalue weighted by atomic mass is 10.1. The Bertz CT molecular complexity index is 816. The number of esters is 1. The van der Waals surface area contributed by atoms with E-state index in [0.29, 0.717) is 12.2 Å². The topological polar surface area (TPSA) is 84.7 Å². The standard InChI is InChI=1S/C19H21N3O4/c1-26-19(23)16-12-15(22(24)25)8-9-17(16)20-13-14-6-2-3-7-18(14)21-10-4-5-11-21/h2-3,6-9,12,20H,4-5,10-11,13H2,1H3. The van der Waals surface area contributed by atoms with Crippen LogP contribution >= 0.6 is 0 Å². The minimum Gasteiger partial charge on any atom is -0.465 e. The number of para-hydroxylation sites is 1. The van der Waals surface area contributed by atoms with Crippen molar-refractivity contribution in [2.24, 2.45) is 0 Å². The van der Waals surface area contributed by atoms with E-state index in [-0.39, 0.29) is 11.3 Å². The monoisotopic (exact) mass is 355 g/mol. The highest BCUT2D eigenvalue weighted by Crippen LogP contribution is 2.27. The van der Waals surface area contributed by atoms with Crippen molar-refractivity contribution in [2.45, 2.75) is 19.4 Å². The maximum absolute atomic E-state index is 12.0. The molecule has 136 valence electrons. The Morgan fingerprint density at radius 1 is 1.23 bits per heavy atom. The lowest BCUT2D eigenvalue weighted by Gasteiger charge is -2.22. The van der Waals surface area contributed by atoms with Gasteiger partial charge in [0, 0.05) is 43.1 Å². The summed E-state index contributed by atoms with van der Waals surface area (Å²) in [5, 5.41) is 14.2. The molecule has 2 aromatic rings. The number of non-ortho nitro benzene ring substituents is 1. The van der Waals surface area contributed by atoms with Crippen molar-refractivity contribution in [1.29, 1.82) is 0 Å². The van der Waals surface area contributed by atoms with Crippen molar-refractivity contribution in [3.05, 3.63) is 63.7 Å². The molecule has 1 saturated heterocycles. The first-order valence-corrected chi connectivity index (χ1v) is 8.53. The molecule has 0 amide bonds. The maximum atomic E-state index is 12.0. The zero-order valence-corrected chi connectivity index (χ0v) is 14.6. The average molecular weight is 355 g/mol. The molecule has 0 unspecified atom stereocenters. The fraction of sp³-hybridized carbons (Fsp3) is 0.316. The van der Waals surface area contributed by atoms with E-state index in [2.05, 4.69) is 16.3 Å². The summed E-state index contributed by atoms with van der Waals surface area (Å²) in [6, 6.07) is 12.3. The van der Waals surface area contributed by atoms with Crippen LogP contribution in [0.15, 0.2) is 42.5 Å². The van der Waals surface area contributed by atoms with Gasteiger partial charge in [0.25, 0.3) is 5.69 Å². The van der Waals surface area contributed by atoms with Crippen LogP contribution in [0.25, 0.3) is 0 Å². The molecule has 0 aliphatic carbocycles. The van der Waals surface area contributed by atoms with Crippen LogP contribution in [0.3, 0.4) is 0 Å². The first kappa shape index (κ1) is 17.7. The van der Waals surface area contributed by atoms with E-state index in [1.807, 2.05) is 18.2 Å². The van der Waals surface area contributed by atoms with Crippen molar-refractivity contribution in [1.82, 2.24) is 0 Å². The van der Waals surface area contributed by atoms with E-state index in [9.17, 15) is 14.9 Å². The van der Waals surface area contributed by atoms with E-state index in [1.165, 1.54) is 37.8 Å². The number of carbonyl (C=O) groups is 1. The molecule has 1 aliphatic heterocycles. The Balaban J connectivity index is 1.84. The van der Waals surface area contributed by atoms with Crippen LogP contribution < -0.4 is 10.2 Å². The van der Waals surface area contributed by atoms with Gasteiger partial charge in [-0.1, -0.05) is 18.2 Å². The molecule has 0 atom stereocenters. The molecular weight excluding hydrogens is 334 g/mol. The Kier molecular flexibility index (Phi) is 5.36. The maximum Gasteiger partial charge on any atom is 0.340 e.